The molecular formula is C8H13N3OS2. The highest BCUT2D eigenvalue weighted by molar-refractivity contribution is 7.80. The second-order valence-corrected chi connectivity index (χ2v) is 3.95. The van der Waals surface area contributed by atoms with Crippen LogP contribution in [0.2, 0.25) is 0 Å². The van der Waals surface area contributed by atoms with E-state index in [9.17, 15) is 0 Å². The van der Waals surface area contributed by atoms with Crippen molar-refractivity contribution in [1.82, 2.24) is 15.6 Å². The molecule has 0 fully saturated rings. The smallest absolute Gasteiger partial charge is 0.166 e. The molecule has 0 radical (unpaired) electrons. The summed E-state index contributed by atoms with van der Waals surface area (Å²) in [5.41, 5.74) is 1.80. The summed E-state index contributed by atoms with van der Waals surface area (Å²) in [6.07, 6.45) is 1.83. The third kappa shape index (κ3) is 4.50. The minimum absolute atomic E-state index is 0.649. The fourth-order valence-corrected chi connectivity index (χ4v) is 1.53. The number of aromatic nitrogens is 1. The average molecular weight is 231 g/mol. The van der Waals surface area contributed by atoms with Gasteiger partial charge in [0.15, 0.2) is 5.11 Å². The number of nitrogens with zero attached hydrogens (tertiary/aromatic N) is 1. The van der Waals surface area contributed by atoms with E-state index < -0.39 is 0 Å². The Balaban J connectivity index is 2.09. The van der Waals surface area contributed by atoms with Crippen molar-refractivity contribution in [3.05, 3.63) is 16.6 Å². The summed E-state index contributed by atoms with van der Waals surface area (Å²) in [6, 6.07) is 0. The van der Waals surface area contributed by atoms with E-state index >= 15 is 0 Å². The van der Waals surface area contributed by atoms with E-state index in [2.05, 4.69) is 15.6 Å². The molecule has 1 aromatic rings. The molecule has 0 aliphatic rings. The molecule has 0 aliphatic heterocycles. The molecule has 6 heteroatoms. The Hall–Kier alpha value is -0.720. The second-order valence-electron chi connectivity index (χ2n) is 2.57. The molecule has 1 heterocycles. The summed E-state index contributed by atoms with van der Waals surface area (Å²) in [6.45, 7) is 2.11. The van der Waals surface area contributed by atoms with Gasteiger partial charge in [0.05, 0.1) is 18.7 Å². The average Bonchev–Trinajstić information content (AvgIpc) is 2.68. The lowest BCUT2D eigenvalue weighted by Crippen LogP contribution is -2.36. The molecule has 0 unspecified atom stereocenters. The van der Waals surface area contributed by atoms with E-state index in [1.54, 1.807) is 24.0 Å². The van der Waals surface area contributed by atoms with Crippen molar-refractivity contribution in [2.45, 2.75) is 6.54 Å². The van der Waals surface area contributed by atoms with Crippen LogP contribution in [0.1, 0.15) is 4.88 Å². The first kappa shape index (κ1) is 11.4. The van der Waals surface area contributed by atoms with Gasteiger partial charge in [-0.15, -0.1) is 11.3 Å². The van der Waals surface area contributed by atoms with Crippen LogP contribution in [0.3, 0.4) is 0 Å². The molecule has 0 aliphatic carbocycles. The third-order valence-electron chi connectivity index (χ3n) is 1.50. The van der Waals surface area contributed by atoms with E-state index in [1.807, 2.05) is 6.20 Å². The van der Waals surface area contributed by atoms with Crippen LogP contribution in [0.25, 0.3) is 0 Å². The number of rotatable bonds is 5. The lowest BCUT2D eigenvalue weighted by atomic mass is 10.5. The van der Waals surface area contributed by atoms with Gasteiger partial charge in [0, 0.05) is 24.7 Å². The summed E-state index contributed by atoms with van der Waals surface area (Å²) < 4.78 is 4.88. The van der Waals surface area contributed by atoms with E-state index in [-0.39, 0.29) is 0 Å². The van der Waals surface area contributed by atoms with Crippen LogP contribution in [0.5, 0.6) is 0 Å². The number of ether oxygens (including phenoxy) is 1. The molecule has 78 valence electrons. The monoisotopic (exact) mass is 231 g/mol. The number of hydrogen-bond donors (Lipinski definition) is 2. The lowest BCUT2D eigenvalue weighted by molar-refractivity contribution is 0.204. The normalized spacial score (nSPS) is 9.79. The summed E-state index contributed by atoms with van der Waals surface area (Å²) in [7, 11) is 1.66. The van der Waals surface area contributed by atoms with Crippen molar-refractivity contribution in [2.75, 3.05) is 20.3 Å². The molecule has 0 atom stereocenters. The SMILES string of the molecule is COCCNC(=S)NCc1cncs1. The molecule has 4 nitrogen and oxygen atoms in total. The highest BCUT2D eigenvalue weighted by Gasteiger charge is 1.96. The molecule has 0 bridgehead atoms. The van der Waals surface area contributed by atoms with Gasteiger partial charge in [-0.3, -0.25) is 4.98 Å². The van der Waals surface area contributed by atoms with Gasteiger partial charge in [0.2, 0.25) is 0 Å². The summed E-state index contributed by atoms with van der Waals surface area (Å²) >= 11 is 6.65. The Bertz CT molecular complexity index is 264. The van der Waals surface area contributed by atoms with Crippen LogP contribution >= 0.6 is 23.6 Å². The largest absolute Gasteiger partial charge is 0.383 e. The van der Waals surface area contributed by atoms with E-state index in [4.69, 9.17) is 17.0 Å². The van der Waals surface area contributed by atoms with Gasteiger partial charge < -0.3 is 15.4 Å². The molecule has 14 heavy (non-hydrogen) atoms. The third-order valence-corrected chi connectivity index (χ3v) is 2.57. The summed E-state index contributed by atoms with van der Waals surface area (Å²) in [4.78, 5) is 5.14. The molecule has 0 amide bonds. The van der Waals surface area contributed by atoms with Gasteiger partial charge in [0.25, 0.3) is 0 Å². The van der Waals surface area contributed by atoms with Crippen molar-refractivity contribution in [1.29, 1.82) is 0 Å². The maximum Gasteiger partial charge on any atom is 0.166 e. The molecule has 0 aromatic carbocycles. The van der Waals surface area contributed by atoms with E-state index in [0.717, 1.165) is 13.1 Å². The Morgan fingerprint density at radius 1 is 1.64 bits per heavy atom. The molecule has 0 saturated carbocycles. The molecule has 0 spiro atoms. The quantitative estimate of drug-likeness (QED) is 0.578. The van der Waals surface area contributed by atoms with Crippen molar-refractivity contribution in [2.24, 2.45) is 0 Å². The maximum atomic E-state index is 5.05. The Labute approximate surface area is 92.7 Å². The molecule has 1 aromatic heterocycles. The molecule has 1 rings (SSSR count). The minimum atomic E-state index is 0.649. The van der Waals surface area contributed by atoms with Gasteiger partial charge in [-0.05, 0) is 12.2 Å². The highest BCUT2D eigenvalue weighted by Crippen LogP contribution is 2.03. The summed E-state index contributed by atoms with van der Waals surface area (Å²) in [5, 5.41) is 6.75. The van der Waals surface area contributed by atoms with E-state index in [1.165, 1.54) is 4.88 Å². The van der Waals surface area contributed by atoms with Gasteiger partial charge in [-0.25, -0.2) is 0 Å². The van der Waals surface area contributed by atoms with Crippen LogP contribution in [-0.4, -0.2) is 30.4 Å². The Kier molecular flexibility index (Phi) is 5.43. The zero-order chi connectivity index (χ0) is 10.2. The fraction of sp³-hybridized carbons (Fsp3) is 0.500. The highest BCUT2D eigenvalue weighted by atomic mass is 32.1. The van der Waals surface area contributed by atoms with Crippen LogP contribution in [0, 0.1) is 0 Å². The van der Waals surface area contributed by atoms with Crippen LogP contribution < -0.4 is 10.6 Å². The predicted octanol–water partition coefficient (Wildman–Crippen LogP) is 0.754. The number of thiazole rings is 1. The van der Waals surface area contributed by atoms with Gasteiger partial charge in [-0.1, -0.05) is 0 Å². The van der Waals surface area contributed by atoms with Crippen molar-refractivity contribution in [3.63, 3.8) is 0 Å². The lowest BCUT2D eigenvalue weighted by Gasteiger charge is -2.08. The molecule has 2 N–H and O–H groups in total. The van der Waals surface area contributed by atoms with Crippen molar-refractivity contribution >= 4 is 28.7 Å². The van der Waals surface area contributed by atoms with Gasteiger partial charge >= 0.3 is 0 Å². The number of methoxy groups -OCH3 is 1. The Morgan fingerprint density at radius 3 is 3.14 bits per heavy atom. The Morgan fingerprint density at radius 2 is 2.50 bits per heavy atom. The summed E-state index contributed by atoms with van der Waals surface area (Å²) in [5.74, 6) is 0. The first-order chi connectivity index (χ1) is 6.83. The number of hydrogen-bond acceptors (Lipinski definition) is 4. The van der Waals surface area contributed by atoms with Crippen LogP contribution in [0.15, 0.2) is 11.7 Å². The minimum Gasteiger partial charge on any atom is -0.383 e. The molecule has 0 saturated heterocycles. The number of thiocarbonyl (C=S) groups is 1. The van der Waals surface area contributed by atoms with Crippen molar-refractivity contribution in [3.8, 4) is 0 Å². The molecular weight excluding hydrogens is 218 g/mol. The van der Waals surface area contributed by atoms with Crippen LogP contribution in [0.4, 0.5) is 0 Å². The fourth-order valence-electron chi connectivity index (χ4n) is 0.826. The zero-order valence-electron chi connectivity index (χ0n) is 7.95. The number of nitrogens with one attached hydrogen (secondary N) is 2. The first-order valence-electron chi connectivity index (χ1n) is 4.21. The van der Waals surface area contributed by atoms with Crippen LogP contribution in [-0.2, 0) is 11.3 Å². The second kappa shape index (κ2) is 6.69. The van der Waals surface area contributed by atoms with Crippen molar-refractivity contribution < 1.29 is 4.74 Å². The first-order valence-corrected chi connectivity index (χ1v) is 5.49. The van der Waals surface area contributed by atoms with Gasteiger partial charge in [-0.2, -0.15) is 0 Å². The maximum absolute atomic E-state index is 5.05. The van der Waals surface area contributed by atoms with Gasteiger partial charge in [0.1, 0.15) is 0 Å². The zero-order valence-corrected chi connectivity index (χ0v) is 9.58. The standard InChI is InChI=1S/C8H13N3OS2/c1-12-3-2-10-8(13)11-5-7-4-9-6-14-7/h4,6H,2-3,5H2,1H3,(H2,10,11,13). The van der Waals surface area contributed by atoms with E-state index in [0.29, 0.717) is 11.7 Å². The predicted molar refractivity (Wildman–Crippen MR) is 61.4 cm³/mol. The topological polar surface area (TPSA) is 46.2 Å².